The van der Waals surface area contributed by atoms with Crippen LogP contribution in [0.1, 0.15) is 41.4 Å². The van der Waals surface area contributed by atoms with Gasteiger partial charge in [0.2, 0.25) is 0 Å². The highest BCUT2D eigenvalue weighted by molar-refractivity contribution is 7.15. The zero-order valence-electron chi connectivity index (χ0n) is 12.0. The molecule has 5 heteroatoms. The molecular formula is C16H17N3OS. The summed E-state index contributed by atoms with van der Waals surface area (Å²) < 4.78 is 1.86. The number of imidazole rings is 1. The maximum absolute atomic E-state index is 12.1. The predicted octanol–water partition coefficient (Wildman–Crippen LogP) is 3.45. The highest BCUT2D eigenvalue weighted by atomic mass is 32.1. The van der Waals surface area contributed by atoms with Crippen molar-refractivity contribution >= 4 is 22.2 Å². The zero-order valence-corrected chi connectivity index (χ0v) is 12.9. The minimum atomic E-state index is -0.140. The van der Waals surface area contributed by atoms with Crippen molar-refractivity contribution in [2.24, 2.45) is 0 Å². The van der Waals surface area contributed by atoms with Gasteiger partial charge >= 0.3 is 0 Å². The minimum Gasteiger partial charge on any atom is -0.347 e. The molecule has 0 aliphatic carbocycles. The molecule has 1 N–H and O–H groups in total. The average Bonchev–Trinajstić information content (AvgIpc) is 3.06. The number of carbonyl (C=O) groups is 1. The van der Waals surface area contributed by atoms with E-state index < -0.39 is 0 Å². The number of hydrogen-bond acceptors (Lipinski definition) is 3. The van der Waals surface area contributed by atoms with Crippen molar-refractivity contribution in [2.75, 3.05) is 0 Å². The molecule has 0 saturated heterocycles. The van der Waals surface area contributed by atoms with Crippen LogP contribution < -0.4 is 5.32 Å². The smallest absolute Gasteiger partial charge is 0.271 e. The molecular weight excluding hydrogens is 282 g/mol. The van der Waals surface area contributed by atoms with E-state index in [4.69, 9.17) is 0 Å². The molecule has 0 fully saturated rings. The average molecular weight is 299 g/mol. The lowest BCUT2D eigenvalue weighted by atomic mass is 10.0. The largest absolute Gasteiger partial charge is 0.347 e. The van der Waals surface area contributed by atoms with E-state index in [2.05, 4.69) is 48.4 Å². The van der Waals surface area contributed by atoms with Crippen molar-refractivity contribution in [1.82, 2.24) is 14.7 Å². The molecule has 4 nitrogen and oxygen atoms in total. The number of thiazole rings is 1. The Labute approximate surface area is 127 Å². The SMILES string of the molecule is CC(C)c1ccc(CNC(=O)c2cn3ccsc3n2)cc1. The molecule has 0 unspecified atom stereocenters. The number of hydrogen-bond donors (Lipinski definition) is 1. The number of benzene rings is 1. The molecule has 0 aliphatic rings. The van der Waals surface area contributed by atoms with Gasteiger partial charge in [-0.25, -0.2) is 4.98 Å². The predicted molar refractivity (Wildman–Crippen MR) is 84.8 cm³/mol. The molecule has 2 heterocycles. The highest BCUT2D eigenvalue weighted by Crippen LogP contribution is 2.15. The molecule has 0 bridgehead atoms. The Morgan fingerprint density at radius 3 is 2.76 bits per heavy atom. The molecule has 1 amide bonds. The Balaban J connectivity index is 1.64. The number of nitrogens with one attached hydrogen (secondary N) is 1. The number of carbonyl (C=O) groups excluding carboxylic acids is 1. The van der Waals surface area contributed by atoms with Crippen LogP contribution in [0.15, 0.2) is 42.0 Å². The third-order valence-electron chi connectivity index (χ3n) is 3.43. The van der Waals surface area contributed by atoms with Gasteiger partial charge in [-0.3, -0.25) is 9.20 Å². The topological polar surface area (TPSA) is 46.4 Å². The van der Waals surface area contributed by atoms with Crippen molar-refractivity contribution in [3.05, 3.63) is 58.9 Å². The van der Waals surface area contributed by atoms with E-state index in [0.717, 1.165) is 10.5 Å². The summed E-state index contributed by atoms with van der Waals surface area (Å²) in [7, 11) is 0. The Bertz CT molecular complexity index is 727. The van der Waals surface area contributed by atoms with Gasteiger partial charge in [-0.15, -0.1) is 11.3 Å². The highest BCUT2D eigenvalue weighted by Gasteiger charge is 2.11. The Kier molecular flexibility index (Phi) is 3.75. The Morgan fingerprint density at radius 1 is 1.33 bits per heavy atom. The van der Waals surface area contributed by atoms with Gasteiger partial charge in [0, 0.05) is 24.3 Å². The second kappa shape index (κ2) is 5.69. The molecule has 0 saturated carbocycles. The van der Waals surface area contributed by atoms with E-state index in [1.807, 2.05) is 16.0 Å². The zero-order chi connectivity index (χ0) is 14.8. The van der Waals surface area contributed by atoms with Crippen molar-refractivity contribution in [3.63, 3.8) is 0 Å². The van der Waals surface area contributed by atoms with Crippen molar-refractivity contribution in [3.8, 4) is 0 Å². The van der Waals surface area contributed by atoms with Gasteiger partial charge in [0.05, 0.1) is 0 Å². The Hall–Kier alpha value is -2.14. The van der Waals surface area contributed by atoms with Crippen LogP contribution in [-0.4, -0.2) is 15.3 Å². The molecule has 0 aliphatic heterocycles. The molecule has 0 atom stereocenters. The molecule has 1 aromatic carbocycles. The third-order valence-corrected chi connectivity index (χ3v) is 4.20. The van der Waals surface area contributed by atoms with E-state index in [-0.39, 0.29) is 5.91 Å². The van der Waals surface area contributed by atoms with E-state index in [0.29, 0.717) is 18.2 Å². The summed E-state index contributed by atoms with van der Waals surface area (Å²) in [5, 5.41) is 4.85. The number of rotatable bonds is 4. The van der Waals surface area contributed by atoms with Gasteiger partial charge in [0.25, 0.3) is 5.91 Å². The molecule has 21 heavy (non-hydrogen) atoms. The summed E-state index contributed by atoms with van der Waals surface area (Å²) >= 11 is 1.52. The number of amides is 1. The van der Waals surface area contributed by atoms with Gasteiger partial charge in [0.15, 0.2) is 4.96 Å². The quantitative estimate of drug-likeness (QED) is 0.802. The summed E-state index contributed by atoms with van der Waals surface area (Å²) in [5.74, 6) is 0.381. The van der Waals surface area contributed by atoms with Crippen molar-refractivity contribution in [1.29, 1.82) is 0 Å². The third kappa shape index (κ3) is 2.97. The molecule has 0 radical (unpaired) electrons. The molecule has 108 valence electrons. The van der Waals surface area contributed by atoms with E-state index in [9.17, 15) is 4.79 Å². The van der Waals surface area contributed by atoms with Crippen LogP contribution in [-0.2, 0) is 6.54 Å². The molecule has 3 aromatic rings. The monoisotopic (exact) mass is 299 g/mol. The first-order chi connectivity index (χ1) is 10.1. The lowest BCUT2D eigenvalue weighted by Crippen LogP contribution is -2.23. The fraction of sp³-hybridized carbons (Fsp3) is 0.250. The van der Waals surface area contributed by atoms with Crippen LogP contribution >= 0.6 is 11.3 Å². The lowest BCUT2D eigenvalue weighted by molar-refractivity contribution is 0.0946. The van der Waals surface area contributed by atoms with Crippen LogP contribution in [0.3, 0.4) is 0 Å². The van der Waals surface area contributed by atoms with E-state index >= 15 is 0 Å². The summed E-state index contributed by atoms with van der Waals surface area (Å²) in [6.45, 7) is 4.85. The van der Waals surface area contributed by atoms with Crippen molar-refractivity contribution in [2.45, 2.75) is 26.3 Å². The number of fused-ring (bicyclic) bond motifs is 1. The maximum Gasteiger partial charge on any atom is 0.271 e. The second-order valence-electron chi connectivity index (χ2n) is 5.30. The van der Waals surface area contributed by atoms with E-state index in [1.165, 1.54) is 16.9 Å². The summed E-state index contributed by atoms with van der Waals surface area (Å²) in [4.78, 5) is 17.2. The van der Waals surface area contributed by atoms with Crippen LogP contribution in [0, 0.1) is 0 Å². The maximum atomic E-state index is 12.1. The lowest BCUT2D eigenvalue weighted by Gasteiger charge is -2.07. The molecule has 3 rings (SSSR count). The summed E-state index contributed by atoms with van der Waals surface area (Å²) in [6, 6.07) is 8.33. The number of aromatic nitrogens is 2. The number of nitrogens with zero attached hydrogens (tertiary/aromatic N) is 2. The normalized spacial score (nSPS) is 11.2. The summed E-state index contributed by atoms with van der Waals surface area (Å²) in [6.07, 6.45) is 3.65. The van der Waals surface area contributed by atoms with Crippen LogP contribution in [0.4, 0.5) is 0 Å². The van der Waals surface area contributed by atoms with Crippen LogP contribution in [0.2, 0.25) is 0 Å². The van der Waals surface area contributed by atoms with Gasteiger partial charge in [-0.1, -0.05) is 38.1 Å². The van der Waals surface area contributed by atoms with E-state index in [1.54, 1.807) is 6.20 Å². The first-order valence-electron chi connectivity index (χ1n) is 6.93. The van der Waals surface area contributed by atoms with Gasteiger partial charge in [-0.05, 0) is 17.0 Å². The van der Waals surface area contributed by atoms with Crippen LogP contribution in [0.25, 0.3) is 4.96 Å². The first-order valence-corrected chi connectivity index (χ1v) is 7.80. The molecule has 0 spiro atoms. The fourth-order valence-electron chi connectivity index (χ4n) is 2.13. The van der Waals surface area contributed by atoms with Crippen LogP contribution in [0.5, 0.6) is 0 Å². The summed E-state index contributed by atoms with van der Waals surface area (Å²) in [5.41, 5.74) is 2.86. The minimum absolute atomic E-state index is 0.140. The van der Waals surface area contributed by atoms with Crippen molar-refractivity contribution < 1.29 is 4.79 Å². The van der Waals surface area contributed by atoms with Gasteiger partial charge in [-0.2, -0.15) is 0 Å². The standard InChI is InChI=1S/C16H17N3OS/c1-11(2)13-5-3-12(4-6-13)9-17-15(20)14-10-19-7-8-21-16(19)18-14/h3-8,10-11H,9H2,1-2H3,(H,17,20). The van der Waals surface area contributed by atoms with Gasteiger partial charge in [0.1, 0.15) is 5.69 Å². The fourth-order valence-corrected chi connectivity index (χ4v) is 2.83. The molecule has 2 aromatic heterocycles. The second-order valence-corrected chi connectivity index (χ2v) is 6.17. The Morgan fingerprint density at radius 2 is 2.10 bits per heavy atom. The first kappa shape index (κ1) is 13.8. The van der Waals surface area contributed by atoms with Gasteiger partial charge < -0.3 is 5.32 Å².